The molecule has 0 aliphatic heterocycles. The zero-order valence-electron chi connectivity index (χ0n) is 9.98. The van der Waals surface area contributed by atoms with Gasteiger partial charge in [-0.15, -0.1) is 11.3 Å². The number of thiazole rings is 1. The average molecular weight is 281 g/mol. The number of aromatic nitrogens is 4. The lowest BCUT2D eigenvalue weighted by molar-refractivity contribution is -0.122. The number of aromatic carboxylic acids is 1. The molecule has 0 bridgehead atoms. The molecule has 0 aliphatic rings. The van der Waals surface area contributed by atoms with Crippen molar-refractivity contribution in [1.29, 1.82) is 0 Å². The van der Waals surface area contributed by atoms with Crippen LogP contribution in [0.1, 0.15) is 28.5 Å². The van der Waals surface area contributed by atoms with Crippen molar-refractivity contribution in [2.75, 3.05) is 0 Å². The SMILES string of the molecule is CC(NC(=O)Cn1cncn1)c1nc(C(=O)O)cs1. The fourth-order valence-corrected chi connectivity index (χ4v) is 2.20. The van der Waals surface area contributed by atoms with Gasteiger partial charge < -0.3 is 10.4 Å². The smallest absolute Gasteiger partial charge is 0.355 e. The first-order valence-electron chi connectivity index (χ1n) is 5.36. The van der Waals surface area contributed by atoms with E-state index in [1.165, 1.54) is 34.1 Å². The number of rotatable bonds is 5. The lowest BCUT2D eigenvalue weighted by atomic mass is 10.3. The standard InChI is InChI=1S/C10H11N5O3S/c1-6(9-14-7(3-19-9)10(17)18)13-8(16)2-15-5-11-4-12-15/h3-6H,2H2,1H3,(H,13,16)(H,17,18). The molecule has 100 valence electrons. The number of carboxylic acid groups (broad SMARTS) is 1. The van der Waals surface area contributed by atoms with Crippen molar-refractivity contribution in [2.45, 2.75) is 19.5 Å². The Morgan fingerprint density at radius 1 is 1.58 bits per heavy atom. The highest BCUT2D eigenvalue weighted by Gasteiger charge is 2.16. The largest absolute Gasteiger partial charge is 0.476 e. The molecule has 2 aromatic rings. The third kappa shape index (κ3) is 3.35. The van der Waals surface area contributed by atoms with E-state index in [-0.39, 0.29) is 24.2 Å². The molecule has 2 rings (SSSR count). The minimum absolute atomic E-state index is 0.0163. The second kappa shape index (κ2) is 5.57. The first-order valence-corrected chi connectivity index (χ1v) is 6.24. The number of carbonyl (C=O) groups excluding carboxylic acids is 1. The maximum atomic E-state index is 11.7. The van der Waals surface area contributed by atoms with Crippen LogP contribution in [0.3, 0.4) is 0 Å². The van der Waals surface area contributed by atoms with Crippen molar-refractivity contribution < 1.29 is 14.7 Å². The van der Waals surface area contributed by atoms with Crippen molar-refractivity contribution in [2.24, 2.45) is 0 Å². The number of carbonyl (C=O) groups is 2. The van der Waals surface area contributed by atoms with Crippen LogP contribution in [0, 0.1) is 0 Å². The van der Waals surface area contributed by atoms with Crippen LogP contribution in [0.25, 0.3) is 0 Å². The molecule has 19 heavy (non-hydrogen) atoms. The molecule has 0 saturated heterocycles. The molecule has 2 heterocycles. The quantitative estimate of drug-likeness (QED) is 0.816. The molecule has 2 N–H and O–H groups in total. The Labute approximate surface area is 112 Å². The van der Waals surface area contributed by atoms with Crippen molar-refractivity contribution in [3.63, 3.8) is 0 Å². The number of amides is 1. The summed E-state index contributed by atoms with van der Waals surface area (Å²) in [6, 6.07) is -0.353. The third-order valence-electron chi connectivity index (χ3n) is 2.26. The van der Waals surface area contributed by atoms with Crippen LogP contribution in [0.15, 0.2) is 18.0 Å². The van der Waals surface area contributed by atoms with Gasteiger partial charge in [0.15, 0.2) is 5.69 Å². The van der Waals surface area contributed by atoms with Gasteiger partial charge in [0.2, 0.25) is 5.91 Å². The number of nitrogens with zero attached hydrogens (tertiary/aromatic N) is 4. The number of hydrogen-bond donors (Lipinski definition) is 2. The van der Waals surface area contributed by atoms with Crippen LogP contribution in [0.2, 0.25) is 0 Å². The van der Waals surface area contributed by atoms with Gasteiger partial charge in [-0.3, -0.25) is 4.79 Å². The molecule has 0 aliphatic carbocycles. The summed E-state index contributed by atoms with van der Waals surface area (Å²) in [6.45, 7) is 1.80. The van der Waals surface area contributed by atoms with E-state index in [1.54, 1.807) is 6.92 Å². The van der Waals surface area contributed by atoms with E-state index in [0.29, 0.717) is 5.01 Å². The fourth-order valence-electron chi connectivity index (χ4n) is 1.40. The van der Waals surface area contributed by atoms with Crippen molar-refractivity contribution >= 4 is 23.2 Å². The number of nitrogens with one attached hydrogen (secondary N) is 1. The molecule has 9 heteroatoms. The maximum absolute atomic E-state index is 11.7. The monoisotopic (exact) mass is 281 g/mol. The lowest BCUT2D eigenvalue weighted by Crippen LogP contribution is -2.30. The average Bonchev–Trinajstić information content (AvgIpc) is 2.98. The minimum atomic E-state index is -1.08. The van der Waals surface area contributed by atoms with Gasteiger partial charge in [0.1, 0.15) is 24.2 Å². The van der Waals surface area contributed by atoms with Crippen LogP contribution in [0.4, 0.5) is 0 Å². The van der Waals surface area contributed by atoms with Crippen LogP contribution < -0.4 is 5.32 Å². The normalized spacial score (nSPS) is 12.1. The van der Waals surface area contributed by atoms with Crippen molar-refractivity contribution in [3.8, 4) is 0 Å². The summed E-state index contributed by atoms with van der Waals surface area (Å²) in [5, 5.41) is 17.3. The van der Waals surface area contributed by atoms with E-state index in [4.69, 9.17) is 5.11 Å². The Morgan fingerprint density at radius 3 is 2.95 bits per heavy atom. The van der Waals surface area contributed by atoms with Gasteiger partial charge in [-0.1, -0.05) is 0 Å². The second-order valence-corrected chi connectivity index (χ2v) is 4.65. The second-order valence-electron chi connectivity index (χ2n) is 3.76. The summed E-state index contributed by atoms with van der Waals surface area (Å²) < 4.78 is 1.40. The van der Waals surface area contributed by atoms with E-state index in [9.17, 15) is 9.59 Å². The minimum Gasteiger partial charge on any atom is -0.476 e. The van der Waals surface area contributed by atoms with E-state index in [0.717, 1.165) is 0 Å². The molecule has 2 aromatic heterocycles. The van der Waals surface area contributed by atoms with Gasteiger partial charge in [-0.2, -0.15) is 5.10 Å². The Morgan fingerprint density at radius 2 is 2.37 bits per heavy atom. The van der Waals surface area contributed by atoms with E-state index < -0.39 is 5.97 Å². The number of hydrogen-bond acceptors (Lipinski definition) is 6. The van der Waals surface area contributed by atoms with Crippen LogP contribution in [-0.4, -0.2) is 36.7 Å². The Kier molecular flexibility index (Phi) is 3.85. The first kappa shape index (κ1) is 13.1. The van der Waals surface area contributed by atoms with Crippen LogP contribution in [0.5, 0.6) is 0 Å². The summed E-state index contributed by atoms with van der Waals surface area (Å²) in [5.74, 6) is -1.33. The molecule has 0 fully saturated rings. The van der Waals surface area contributed by atoms with Crippen molar-refractivity contribution in [1.82, 2.24) is 25.1 Å². The van der Waals surface area contributed by atoms with E-state index in [2.05, 4.69) is 20.4 Å². The van der Waals surface area contributed by atoms with Crippen LogP contribution in [-0.2, 0) is 11.3 Å². The maximum Gasteiger partial charge on any atom is 0.355 e. The molecule has 0 radical (unpaired) electrons. The molecule has 0 saturated carbocycles. The molecule has 0 spiro atoms. The molecule has 0 aromatic carbocycles. The predicted octanol–water partition coefficient (Wildman–Crippen LogP) is 0.310. The van der Waals surface area contributed by atoms with E-state index in [1.807, 2.05) is 0 Å². The van der Waals surface area contributed by atoms with E-state index >= 15 is 0 Å². The predicted molar refractivity (Wildman–Crippen MR) is 65.7 cm³/mol. The zero-order chi connectivity index (χ0) is 13.8. The van der Waals surface area contributed by atoms with Gasteiger partial charge in [0, 0.05) is 5.38 Å². The summed E-state index contributed by atoms with van der Waals surface area (Å²) in [5.41, 5.74) is -0.0163. The Balaban J connectivity index is 1.94. The highest BCUT2D eigenvalue weighted by molar-refractivity contribution is 7.09. The summed E-state index contributed by atoms with van der Waals surface area (Å²) >= 11 is 1.19. The Bertz CT molecular complexity index is 580. The summed E-state index contributed by atoms with van der Waals surface area (Å²) in [4.78, 5) is 30.1. The fraction of sp³-hybridized carbons (Fsp3) is 0.300. The highest BCUT2D eigenvalue weighted by atomic mass is 32.1. The van der Waals surface area contributed by atoms with Gasteiger partial charge in [0.25, 0.3) is 0 Å². The summed E-state index contributed by atoms with van der Waals surface area (Å²) in [6.07, 6.45) is 2.78. The molecule has 1 amide bonds. The lowest BCUT2D eigenvalue weighted by Gasteiger charge is -2.10. The van der Waals surface area contributed by atoms with Crippen LogP contribution >= 0.6 is 11.3 Å². The zero-order valence-corrected chi connectivity index (χ0v) is 10.8. The van der Waals surface area contributed by atoms with Gasteiger partial charge >= 0.3 is 5.97 Å². The highest BCUT2D eigenvalue weighted by Crippen LogP contribution is 2.17. The number of carboxylic acids is 1. The van der Waals surface area contributed by atoms with Gasteiger partial charge in [-0.05, 0) is 6.92 Å². The molecule has 1 unspecified atom stereocenters. The van der Waals surface area contributed by atoms with Crippen molar-refractivity contribution in [3.05, 3.63) is 28.7 Å². The topological polar surface area (TPSA) is 110 Å². The molecular weight excluding hydrogens is 270 g/mol. The summed E-state index contributed by atoms with van der Waals surface area (Å²) in [7, 11) is 0. The molecule has 1 atom stereocenters. The molecular formula is C10H11N5O3S. The van der Waals surface area contributed by atoms with Gasteiger partial charge in [-0.25, -0.2) is 19.4 Å². The molecule has 8 nitrogen and oxygen atoms in total. The van der Waals surface area contributed by atoms with Gasteiger partial charge in [0.05, 0.1) is 6.04 Å². The Hall–Kier alpha value is -2.29. The third-order valence-corrected chi connectivity index (χ3v) is 3.29. The first-order chi connectivity index (χ1) is 9.06.